The fraction of sp³-hybridized carbons (Fsp3) is 0.650. The third-order valence-electron chi connectivity index (χ3n) is 5.22. The molecule has 4 heteroatoms. The van der Waals surface area contributed by atoms with E-state index in [0.717, 1.165) is 38.2 Å². The first-order chi connectivity index (χ1) is 11.5. The number of rotatable bonds is 5. The van der Waals surface area contributed by atoms with Crippen LogP contribution in [0.15, 0.2) is 24.3 Å². The van der Waals surface area contributed by atoms with Gasteiger partial charge in [-0.05, 0) is 63.8 Å². The van der Waals surface area contributed by atoms with Gasteiger partial charge in [-0.15, -0.1) is 0 Å². The first kappa shape index (κ1) is 17.3. The van der Waals surface area contributed by atoms with E-state index in [4.69, 9.17) is 4.74 Å². The summed E-state index contributed by atoms with van der Waals surface area (Å²) in [5.41, 5.74) is 1.30. The van der Waals surface area contributed by atoms with Crippen molar-refractivity contribution in [1.82, 2.24) is 9.80 Å². The molecule has 0 radical (unpaired) electrons. The van der Waals surface area contributed by atoms with Crippen LogP contribution in [0.1, 0.15) is 52.0 Å². The van der Waals surface area contributed by atoms with E-state index >= 15 is 0 Å². The molecular formula is C20H30N2O2. The zero-order valence-corrected chi connectivity index (χ0v) is 15.2. The number of hydrogen-bond acceptors (Lipinski definition) is 3. The molecule has 2 aliphatic rings. The fourth-order valence-corrected chi connectivity index (χ4v) is 4.29. The molecule has 0 spiro atoms. The van der Waals surface area contributed by atoms with E-state index in [9.17, 15) is 4.79 Å². The van der Waals surface area contributed by atoms with E-state index in [1.807, 2.05) is 6.07 Å². The van der Waals surface area contributed by atoms with Crippen LogP contribution in [-0.2, 0) is 11.3 Å². The van der Waals surface area contributed by atoms with Crippen LogP contribution in [-0.4, -0.2) is 47.0 Å². The van der Waals surface area contributed by atoms with E-state index in [1.165, 1.54) is 18.4 Å². The SMILES string of the molecule is CC(=O)N1CCC[C@H]1[C@@H]1CCCN1Cc1cccc(OC(C)C)c1. The van der Waals surface area contributed by atoms with E-state index in [2.05, 4.69) is 41.8 Å². The third kappa shape index (κ3) is 3.92. The Morgan fingerprint density at radius 2 is 1.96 bits per heavy atom. The Balaban J connectivity index is 1.69. The van der Waals surface area contributed by atoms with Gasteiger partial charge in [0.25, 0.3) is 0 Å². The predicted molar refractivity (Wildman–Crippen MR) is 96.0 cm³/mol. The summed E-state index contributed by atoms with van der Waals surface area (Å²) in [5, 5.41) is 0. The molecule has 2 atom stereocenters. The molecule has 24 heavy (non-hydrogen) atoms. The van der Waals surface area contributed by atoms with Crippen LogP contribution in [0.5, 0.6) is 5.75 Å². The highest BCUT2D eigenvalue weighted by Crippen LogP contribution is 2.31. The largest absolute Gasteiger partial charge is 0.491 e. The zero-order valence-electron chi connectivity index (χ0n) is 15.2. The van der Waals surface area contributed by atoms with Crippen molar-refractivity contribution >= 4 is 5.91 Å². The molecule has 1 aromatic carbocycles. The van der Waals surface area contributed by atoms with Crippen LogP contribution in [0.3, 0.4) is 0 Å². The minimum atomic E-state index is 0.197. The Morgan fingerprint density at radius 3 is 2.71 bits per heavy atom. The van der Waals surface area contributed by atoms with Crippen molar-refractivity contribution in [2.24, 2.45) is 0 Å². The van der Waals surface area contributed by atoms with Gasteiger partial charge < -0.3 is 9.64 Å². The Bertz CT molecular complexity index is 573. The number of nitrogens with zero attached hydrogens (tertiary/aromatic N) is 2. The summed E-state index contributed by atoms with van der Waals surface area (Å²) in [6, 6.07) is 9.35. The highest BCUT2D eigenvalue weighted by atomic mass is 16.5. The lowest BCUT2D eigenvalue weighted by molar-refractivity contribution is -0.130. The predicted octanol–water partition coefficient (Wildman–Crippen LogP) is 3.45. The molecule has 2 saturated heterocycles. The van der Waals surface area contributed by atoms with E-state index in [1.54, 1.807) is 6.92 Å². The summed E-state index contributed by atoms with van der Waals surface area (Å²) in [6.07, 6.45) is 4.93. The van der Waals surface area contributed by atoms with Gasteiger partial charge in [-0.25, -0.2) is 0 Å². The average molecular weight is 330 g/mol. The van der Waals surface area contributed by atoms with Gasteiger partial charge >= 0.3 is 0 Å². The minimum absolute atomic E-state index is 0.197. The van der Waals surface area contributed by atoms with Gasteiger partial charge in [-0.3, -0.25) is 9.69 Å². The lowest BCUT2D eigenvalue weighted by Gasteiger charge is -2.34. The molecule has 2 fully saturated rings. The zero-order chi connectivity index (χ0) is 17.1. The molecule has 3 rings (SSSR count). The standard InChI is InChI=1S/C20H30N2O2/c1-15(2)24-18-8-4-7-17(13-18)14-21-11-5-9-19(21)20-10-6-12-22(20)16(3)23/h4,7-8,13,15,19-20H,5-6,9-12,14H2,1-3H3/t19-,20-/m0/s1. The van der Waals surface area contributed by atoms with E-state index in [-0.39, 0.29) is 12.0 Å². The molecular weight excluding hydrogens is 300 g/mol. The van der Waals surface area contributed by atoms with Crippen LogP contribution in [0.4, 0.5) is 0 Å². The molecule has 2 heterocycles. The summed E-state index contributed by atoms with van der Waals surface area (Å²) in [7, 11) is 0. The smallest absolute Gasteiger partial charge is 0.219 e. The Labute approximate surface area is 145 Å². The van der Waals surface area contributed by atoms with Crippen molar-refractivity contribution < 1.29 is 9.53 Å². The van der Waals surface area contributed by atoms with Crippen LogP contribution < -0.4 is 4.74 Å². The fourth-order valence-electron chi connectivity index (χ4n) is 4.29. The molecule has 1 aromatic rings. The van der Waals surface area contributed by atoms with Gasteiger partial charge in [0, 0.05) is 32.1 Å². The quantitative estimate of drug-likeness (QED) is 0.829. The van der Waals surface area contributed by atoms with Crippen LogP contribution in [0, 0.1) is 0 Å². The topological polar surface area (TPSA) is 32.8 Å². The van der Waals surface area contributed by atoms with Gasteiger partial charge in [-0.2, -0.15) is 0 Å². The number of benzene rings is 1. The van der Waals surface area contributed by atoms with Crippen molar-refractivity contribution in [2.45, 2.75) is 71.2 Å². The number of carbonyl (C=O) groups is 1. The summed E-state index contributed by atoms with van der Waals surface area (Å²) in [4.78, 5) is 16.6. The summed E-state index contributed by atoms with van der Waals surface area (Å²) < 4.78 is 5.82. The number of hydrogen-bond donors (Lipinski definition) is 0. The molecule has 0 aliphatic carbocycles. The van der Waals surface area contributed by atoms with Gasteiger partial charge in [-0.1, -0.05) is 12.1 Å². The maximum Gasteiger partial charge on any atom is 0.219 e. The summed E-state index contributed by atoms with van der Waals surface area (Å²) >= 11 is 0. The maximum atomic E-state index is 11.9. The highest BCUT2D eigenvalue weighted by molar-refractivity contribution is 5.74. The van der Waals surface area contributed by atoms with Crippen molar-refractivity contribution in [3.63, 3.8) is 0 Å². The normalized spacial score (nSPS) is 24.8. The minimum Gasteiger partial charge on any atom is -0.491 e. The third-order valence-corrected chi connectivity index (χ3v) is 5.22. The van der Waals surface area contributed by atoms with Gasteiger partial charge in [0.05, 0.1) is 6.10 Å². The lowest BCUT2D eigenvalue weighted by Crippen LogP contribution is -2.47. The highest BCUT2D eigenvalue weighted by Gasteiger charge is 2.38. The van der Waals surface area contributed by atoms with E-state index < -0.39 is 0 Å². The summed E-state index contributed by atoms with van der Waals surface area (Å²) in [6.45, 7) is 8.83. The molecule has 1 amide bonds. The molecule has 4 nitrogen and oxygen atoms in total. The first-order valence-electron chi connectivity index (χ1n) is 9.31. The van der Waals surface area contributed by atoms with Gasteiger partial charge in [0.2, 0.25) is 5.91 Å². The molecule has 0 aromatic heterocycles. The van der Waals surface area contributed by atoms with Crippen molar-refractivity contribution in [2.75, 3.05) is 13.1 Å². The molecule has 0 bridgehead atoms. The molecule has 0 N–H and O–H groups in total. The van der Waals surface area contributed by atoms with E-state index in [0.29, 0.717) is 12.1 Å². The lowest BCUT2D eigenvalue weighted by atomic mass is 10.0. The number of carbonyl (C=O) groups excluding carboxylic acids is 1. The van der Waals surface area contributed by atoms with Crippen LogP contribution in [0.25, 0.3) is 0 Å². The van der Waals surface area contributed by atoms with Crippen molar-refractivity contribution in [3.05, 3.63) is 29.8 Å². The average Bonchev–Trinajstić information content (AvgIpc) is 3.15. The Hall–Kier alpha value is -1.55. The second-order valence-corrected chi connectivity index (χ2v) is 7.42. The Kier molecular flexibility index (Phi) is 5.44. The number of ether oxygens (including phenoxy) is 1. The second kappa shape index (κ2) is 7.56. The maximum absolute atomic E-state index is 11.9. The van der Waals surface area contributed by atoms with Gasteiger partial charge in [0.1, 0.15) is 5.75 Å². The van der Waals surface area contributed by atoms with Crippen LogP contribution >= 0.6 is 0 Å². The molecule has 132 valence electrons. The summed E-state index contributed by atoms with van der Waals surface area (Å²) in [5.74, 6) is 1.18. The van der Waals surface area contributed by atoms with Crippen molar-refractivity contribution in [3.8, 4) is 5.75 Å². The number of amides is 1. The van der Waals surface area contributed by atoms with Crippen LogP contribution in [0.2, 0.25) is 0 Å². The monoisotopic (exact) mass is 330 g/mol. The van der Waals surface area contributed by atoms with Gasteiger partial charge in [0.15, 0.2) is 0 Å². The molecule has 0 saturated carbocycles. The van der Waals surface area contributed by atoms with Crippen molar-refractivity contribution in [1.29, 1.82) is 0 Å². The number of likely N-dealkylation sites (tertiary alicyclic amines) is 2. The first-order valence-corrected chi connectivity index (χ1v) is 9.31. The molecule has 0 unspecified atom stereocenters. The Morgan fingerprint density at radius 1 is 1.21 bits per heavy atom. The molecule has 2 aliphatic heterocycles. The second-order valence-electron chi connectivity index (χ2n) is 7.42.